The van der Waals surface area contributed by atoms with Crippen LogP contribution in [-0.4, -0.2) is 13.5 Å². The van der Waals surface area contributed by atoms with E-state index in [9.17, 15) is 22.3 Å². The van der Waals surface area contributed by atoms with Crippen LogP contribution in [0, 0.1) is 11.6 Å². The van der Waals surface area contributed by atoms with E-state index in [4.69, 9.17) is 23.2 Å². The lowest BCUT2D eigenvalue weighted by Gasteiger charge is -2.10. The Morgan fingerprint density at radius 1 is 1.14 bits per heavy atom. The molecule has 0 saturated heterocycles. The molecule has 0 spiro atoms. The molecule has 22 heavy (non-hydrogen) atoms. The standard InChI is InChI=1S/C13H9Cl2F2NO3S/c14-8-4-10(15)13(19)12(5-8)22(20,21)18-6-7-3-9(16)1-2-11(7)17/h1-5,18-19H,6H2. The van der Waals surface area contributed by atoms with Crippen LogP contribution in [-0.2, 0) is 16.6 Å². The summed E-state index contributed by atoms with van der Waals surface area (Å²) in [5, 5.41) is 9.46. The van der Waals surface area contributed by atoms with E-state index < -0.39 is 38.8 Å². The molecule has 0 saturated carbocycles. The number of benzene rings is 2. The highest BCUT2D eigenvalue weighted by atomic mass is 35.5. The molecule has 2 aromatic carbocycles. The van der Waals surface area contributed by atoms with Crippen molar-refractivity contribution < 1.29 is 22.3 Å². The summed E-state index contributed by atoms with van der Waals surface area (Å²) >= 11 is 11.3. The average molecular weight is 368 g/mol. The van der Waals surface area contributed by atoms with Crippen LogP contribution in [0.4, 0.5) is 8.78 Å². The Morgan fingerprint density at radius 3 is 2.50 bits per heavy atom. The fraction of sp³-hybridized carbons (Fsp3) is 0.0769. The molecule has 4 nitrogen and oxygen atoms in total. The van der Waals surface area contributed by atoms with Gasteiger partial charge in [0.2, 0.25) is 10.0 Å². The third-order valence-electron chi connectivity index (χ3n) is 2.74. The summed E-state index contributed by atoms with van der Waals surface area (Å²) in [7, 11) is -4.22. The zero-order valence-corrected chi connectivity index (χ0v) is 13.1. The zero-order chi connectivity index (χ0) is 16.5. The molecule has 0 aromatic heterocycles. The average Bonchev–Trinajstić information content (AvgIpc) is 2.43. The molecule has 9 heteroatoms. The highest BCUT2D eigenvalue weighted by Gasteiger charge is 2.22. The van der Waals surface area contributed by atoms with Crippen LogP contribution in [0.5, 0.6) is 5.75 Å². The number of rotatable bonds is 4. The van der Waals surface area contributed by atoms with Gasteiger partial charge in [-0.1, -0.05) is 23.2 Å². The van der Waals surface area contributed by atoms with Gasteiger partial charge in [0.25, 0.3) is 0 Å². The molecule has 0 radical (unpaired) electrons. The van der Waals surface area contributed by atoms with E-state index in [1.165, 1.54) is 6.07 Å². The van der Waals surface area contributed by atoms with Crippen LogP contribution < -0.4 is 4.72 Å². The molecule has 2 rings (SSSR count). The third kappa shape index (κ3) is 3.67. The molecule has 0 amide bonds. The lowest BCUT2D eigenvalue weighted by Crippen LogP contribution is -2.24. The molecule has 0 heterocycles. The largest absolute Gasteiger partial charge is 0.505 e. The van der Waals surface area contributed by atoms with Crippen LogP contribution >= 0.6 is 23.2 Å². The van der Waals surface area contributed by atoms with Gasteiger partial charge in [0.05, 0.1) is 5.02 Å². The fourth-order valence-corrected chi connectivity index (χ4v) is 3.44. The monoisotopic (exact) mass is 367 g/mol. The van der Waals surface area contributed by atoms with Crippen LogP contribution in [0.25, 0.3) is 0 Å². The summed E-state index contributed by atoms with van der Waals surface area (Å²) in [5.74, 6) is -2.15. The number of phenolic OH excluding ortho intramolecular Hbond substituents is 1. The molecule has 0 aliphatic carbocycles. The van der Waals surface area contributed by atoms with Gasteiger partial charge in [-0.25, -0.2) is 21.9 Å². The lowest BCUT2D eigenvalue weighted by molar-refractivity contribution is 0.458. The normalized spacial score (nSPS) is 11.6. The van der Waals surface area contributed by atoms with E-state index in [0.717, 1.165) is 24.3 Å². The van der Waals surface area contributed by atoms with E-state index in [0.29, 0.717) is 0 Å². The van der Waals surface area contributed by atoms with Gasteiger partial charge in [-0.05, 0) is 30.3 Å². The summed E-state index contributed by atoms with van der Waals surface area (Å²) in [6.07, 6.45) is 0. The number of nitrogens with one attached hydrogen (secondary N) is 1. The predicted octanol–water partition coefficient (Wildman–Crippen LogP) is 3.46. The first kappa shape index (κ1) is 17.0. The molecular formula is C13H9Cl2F2NO3S. The molecule has 2 N–H and O–H groups in total. The number of hydrogen-bond acceptors (Lipinski definition) is 3. The third-order valence-corrected chi connectivity index (χ3v) is 4.66. The molecule has 2 aromatic rings. The second-order valence-electron chi connectivity index (χ2n) is 4.29. The minimum absolute atomic E-state index is 0.000103. The molecule has 118 valence electrons. The summed E-state index contributed by atoms with van der Waals surface area (Å²) < 4.78 is 52.8. The molecule has 0 atom stereocenters. The molecule has 0 aliphatic heterocycles. The number of halogens is 4. The van der Waals surface area contributed by atoms with Crippen LogP contribution in [0.15, 0.2) is 35.2 Å². The second-order valence-corrected chi connectivity index (χ2v) is 6.87. The Morgan fingerprint density at radius 2 is 1.82 bits per heavy atom. The van der Waals surface area contributed by atoms with E-state index in [-0.39, 0.29) is 15.6 Å². The van der Waals surface area contributed by atoms with Crippen LogP contribution in [0.1, 0.15) is 5.56 Å². The molecule has 0 unspecified atom stereocenters. The summed E-state index contributed by atoms with van der Waals surface area (Å²) in [6, 6.07) is 4.82. The quantitative estimate of drug-likeness (QED) is 0.869. The lowest BCUT2D eigenvalue weighted by atomic mass is 10.2. The van der Waals surface area contributed by atoms with Crippen molar-refractivity contribution in [3.8, 4) is 5.75 Å². The Labute approximate surface area is 135 Å². The highest BCUT2D eigenvalue weighted by Crippen LogP contribution is 2.34. The van der Waals surface area contributed by atoms with Gasteiger partial charge in [0.15, 0.2) is 5.75 Å². The van der Waals surface area contributed by atoms with Gasteiger partial charge < -0.3 is 5.11 Å². The van der Waals surface area contributed by atoms with Crippen molar-refractivity contribution >= 4 is 33.2 Å². The van der Waals surface area contributed by atoms with Crippen molar-refractivity contribution in [3.05, 3.63) is 57.6 Å². The summed E-state index contributed by atoms with van der Waals surface area (Å²) in [6.45, 7) is -0.504. The van der Waals surface area contributed by atoms with E-state index in [1.807, 2.05) is 4.72 Å². The van der Waals surface area contributed by atoms with Gasteiger partial charge in [0, 0.05) is 17.1 Å². The first-order chi connectivity index (χ1) is 10.2. The molecule has 0 fully saturated rings. The SMILES string of the molecule is O=S(=O)(NCc1cc(F)ccc1F)c1cc(Cl)cc(Cl)c1O. The topological polar surface area (TPSA) is 66.4 Å². The van der Waals surface area contributed by atoms with Crippen molar-refractivity contribution in [1.29, 1.82) is 0 Å². The fourth-order valence-electron chi connectivity index (χ4n) is 1.68. The van der Waals surface area contributed by atoms with Gasteiger partial charge in [0.1, 0.15) is 16.5 Å². The first-order valence-corrected chi connectivity index (χ1v) is 8.06. The summed E-state index contributed by atoms with van der Waals surface area (Å²) in [4.78, 5) is -0.554. The van der Waals surface area contributed by atoms with E-state index >= 15 is 0 Å². The Balaban J connectivity index is 2.31. The number of aromatic hydroxyl groups is 1. The Bertz CT molecular complexity index is 828. The number of hydrogen-bond donors (Lipinski definition) is 2. The van der Waals surface area contributed by atoms with Gasteiger partial charge in [-0.2, -0.15) is 0 Å². The second kappa shape index (κ2) is 6.37. The minimum Gasteiger partial charge on any atom is -0.505 e. The van der Waals surface area contributed by atoms with Gasteiger partial charge in [-0.3, -0.25) is 0 Å². The Hall–Kier alpha value is -1.41. The molecule has 0 bridgehead atoms. The smallest absolute Gasteiger partial charge is 0.244 e. The molecule has 0 aliphatic rings. The van der Waals surface area contributed by atoms with Crippen molar-refractivity contribution in [2.24, 2.45) is 0 Å². The van der Waals surface area contributed by atoms with Crippen molar-refractivity contribution in [3.63, 3.8) is 0 Å². The summed E-state index contributed by atoms with van der Waals surface area (Å²) in [5.41, 5.74) is -0.184. The Kier molecular flexibility index (Phi) is 4.91. The maximum Gasteiger partial charge on any atom is 0.244 e. The minimum atomic E-state index is -4.22. The van der Waals surface area contributed by atoms with E-state index in [2.05, 4.69) is 0 Å². The predicted molar refractivity (Wildman–Crippen MR) is 78.5 cm³/mol. The first-order valence-electron chi connectivity index (χ1n) is 5.82. The van der Waals surface area contributed by atoms with Crippen molar-refractivity contribution in [2.45, 2.75) is 11.4 Å². The molecular weight excluding hydrogens is 359 g/mol. The van der Waals surface area contributed by atoms with Gasteiger partial charge >= 0.3 is 0 Å². The van der Waals surface area contributed by atoms with E-state index in [1.54, 1.807) is 0 Å². The highest BCUT2D eigenvalue weighted by molar-refractivity contribution is 7.89. The van der Waals surface area contributed by atoms with Crippen molar-refractivity contribution in [1.82, 2.24) is 4.72 Å². The van der Waals surface area contributed by atoms with Crippen LogP contribution in [0.3, 0.4) is 0 Å². The number of phenols is 1. The van der Waals surface area contributed by atoms with Crippen molar-refractivity contribution in [2.75, 3.05) is 0 Å². The zero-order valence-electron chi connectivity index (χ0n) is 10.8. The number of sulfonamides is 1. The van der Waals surface area contributed by atoms with Crippen LogP contribution in [0.2, 0.25) is 10.0 Å². The van der Waals surface area contributed by atoms with Gasteiger partial charge in [-0.15, -0.1) is 0 Å². The maximum absolute atomic E-state index is 13.5. The maximum atomic E-state index is 13.5.